The number of nitrogens with one attached hydrogen (secondary N) is 1. The van der Waals surface area contributed by atoms with Gasteiger partial charge in [0.15, 0.2) is 10.8 Å². The van der Waals surface area contributed by atoms with Gasteiger partial charge in [-0.3, -0.25) is 4.79 Å². The Balaban J connectivity index is 1.46. The number of anilines is 2. The summed E-state index contributed by atoms with van der Waals surface area (Å²) in [6, 6.07) is 11.7. The zero-order valence-electron chi connectivity index (χ0n) is 15.3. The molecule has 1 fully saturated rings. The van der Waals surface area contributed by atoms with Crippen LogP contribution in [-0.2, 0) is 4.74 Å². The van der Waals surface area contributed by atoms with Crippen LogP contribution in [0.5, 0.6) is 0 Å². The summed E-state index contributed by atoms with van der Waals surface area (Å²) in [5.74, 6) is 1.36. The van der Waals surface area contributed by atoms with E-state index in [1.54, 1.807) is 0 Å². The number of morpholine rings is 1. The van der Waals surface area contributed by atoms with Crippen molar-refractivity contribution in [1.82, 2.24) is 4.98 Å². The number of hydrogen-bond donors (Lipinski definition) is 1. The van der Waals surface area contributed by atoms with Gasteiger partial charge in [-0.2, -0.15) is 0 Å². The van der Waals surface area contributed by atoms with Crippen molar-refractivity contribution in [3.8, 4) is 10.8 Å². The zero-order valence-corrected chi connectivity index (χ0v) is 16.1. The molecule has 7 heteroatoms. The lowest BCUT2D eigenvalue weighted by molar-refractivity contribution is 0.103. The first kappa shape index (κ1) is 17.8. The van der Waals surface area contributed by atoms with Crippen molar-refractivity contribution < 1.29 is 13.9 Å². The quantitative estimate of drug-likeness (QED) is 0.734. The maximum absolute atomic E-state index is 12.7. The normalized spacial score (nSPS) is 14.4. The maximum atomic E-state index is 12.7. The van der Waals surface area contributed by atoms with Gasteiger partial charge >= 0.3 is 0 Å². The molecule has 0 radical (unpaired) electrons. The molecule has 140 valence electrons. The minimum atomic E-state index is -0.154. The molecule has 0 spiro atoms. The van der Waals surface area contributed by atoms with Crippen molar-refractivity contribution in [2.75, 3.05) is 36.5 Å². The van der Waals surface area contributed by atoms with Crippen LogP contribution in [0.15, 0.2) is 40.8 Å². The Labute approximate surface area is 161 Å². The summed E-state index contributed by atoms with van der Waals surface area (Å²) in [6.45, 7) is 7.01. The Kier molecular flexibility index (Phi) is 4.96. The second kappa shape index (κ2) is 7.54. The summed E-state index contributed by atoms with van der Waals surface area (Å²) in [6.07, 6.45) is 0. The van der Waals surface area contributed by atoms with Crippen LogP contribution in [0.1, 0.15) is 21.1 Å². The van der Waals surface area contributed by atoms with E-state index < -0.39 is 0 Å². The van der Waals surface area contributed by atoms with Crippen LogP contribution < -0.4 is 10.2 Å². The second-order valence-electron chi connectivity index (χ2n) is 6.44. The number of thiazole rings is 1. The van der Waals surface area contributed by atoms with E-state index in [9.17, 15) is 4.79 Å². The van der Waals surface area contributed by atoms with E-state index in [-0.39, 0.29) is 5.91 Å². The Morgan fingerprint density at radius 2 is 1.85 bits per heavy atom. The second-order valence-corrected chi connectivity index (χ2v) is 7.44. The van der Waals surface area contributed by atoms with E-state index in [2.05, 4.69) is 15.2 Å². The number of hydrogen-bond acceptors (Lipinski definition) is 6. The van der Waals surface area contributed by atoms with Crippen LogP contribution in [0.2, 0.25) is 0 Å². The van der Waals surface area contributed by atoms with Crippen molar-refractivity contribution in [3.63, 3.8) is 0 Å². The molecule has 3 heterocycles. The van der Waals surface area contributed by atoms with Gasteiger partial charge in [0.1, 0.15) is 10.6 Å². The van der Waals surface area contributed by atoms with Gasteiger partial charge < -0.3 is 19.4 Å². The lowest BCUT2D eigenvalue weighted by Crippen LogP contribution is -2.36. The van der Waals surface area contributed by atoms with Crippen molar-refractivity contribution in [1.29, 1.82) is 0 Å². The van der Waals surface area contributed by atoms with Crippen molar-refractivity contribution in [3.05, 3.63) is 52.7 Å². The molecule has 1 saturated heterocycles. The summed E-state index contributed by atoms with van der Waals surface area (Å²) >= 11 is 1.34. The third-order valence-electron chi connectivity index (χ3n) is 4.46. The van der Waals surface area contributed by atoms with Gasteiger partial charge in [0.2, 0.25) is 0 Å². The molecule has 1 N–H and O–H groups in total. The number of nitrogens with zero attached hydrogens (tertiary/aromatic N) is 2. The van der Waals surface area contributed by atoms with Gasteiger partial charge in [-0.1, -0.05) is 0 Å². The lowest BCUT2D eigenvalue weighted by Gasteiger charge is -2.28. The highest BCUT2D eigenvalue weighted by Crippen LogP contribution is 2.30. The molecule has 0 bridgehead atoms. The number of carbonyl (C=O) groups excluding carboxylic acids is 1. The number of aryl methyl sites for hydroxylation is 2. The Morgan fingerprint density at radius 1 is 1.11 bits per heavy atom. The maximum Gasteiger partial charge on any atom is 0.267 e. The highest BCUT2D eigenvalue weighted by atomic mass is 32.1. The van der Waals surface area contributed by atoms with Crippen molar-refractivity contribution in [2.45, 2.75) is 13.8 Å². The molecule has 27 heavy (non-hydrogen) atoms. The molecule has 0 atom stereocenters. The number of amides is 1. The van der Waals surface area contributed by atoms with Gasteiger partial charge in [0, 0.05) is 24.5 Å². The Hall–Kier alpha value is -2.64. The van der Waals surface area contributed by atoms with Gasteiger partial charge in [-0.05, 0) is 50.2 Å². The average Bonchev–Trinajstić information content (AvgIpc) is 3.29. The molecule has 0 unspecified atom stereocenters. The third kappa shape index (κ3) is 3.89. The summed E-state index contributed by atoms with van der Waals surface area (Å²) < 4.78 is 11.0. The molecular weight excluding hydrogens is 362 g/mol. The van der Waals surface area contributed by atoms with Crippen molar-refractivity contribution >= 4 is 28.6 Å². The molecule has 6 nitrogen and oxygen atoms in total. The molecule has 1 aromatic carbocycles. The largest absolute Gasteiger partial charge is 0.459 e. The number of carbonyl (C=O) groups is 1. The first-order chi connectivity index (χ1) is 13.1. The van der Waals surface area contributed by atoms with Crippen molar-refractivity contribution in [2.24, 2.45) is 0 Å². The van der Waals surface area contributed by atoms with Gasteiger partial charge in [0.25, 0.3) is 5.91 Å². The van der Waals surface area contributed by atoms with Gasteiger partial charge in [0.05, 0.1) is 18.9 Å². The number of rotatable bonds is 4. The van der Waals surface area contributed by atoms with Crippen LogP contribution in [0, 0.1) is 13.8 Å². The lowest BCUT2D eigenvalue weighted by atomic mass is 10.2. The molecule has 0 saturated carbocycles. The predicted octanol–water partition coefficient (Wildman–Crippen LogP) is 4.11. The fourth-order valence-electron chi connectivity index (χ4n) is 3.03. The fourth-order valence-corrected chi connectivity index (χ4v) is 3.95. The molecule has 3 aromatic rings. The predicted molar refractivity (Wildman–Crippen MR) is 107 cm³/mol. The van der Waals surface area contributed by atoms with E-state index in [4.69, 9.17) is 9.15 Å². The van der Waals surface area contributed by atoms with Crippen LogP contribution in [0.3, 0.4) is 0 Å². The first-order valence-electron chi connectivity index (χ1n) is 8.88. The zero-order chi connectivity index (χ0) is 18.8. The van der Waals surface area contributed by atoms with E-state index in [0.29, 0.717) is 21.3 Å². The molecule has 4 rings (SSSR count). The van der Waals surface area contributed by atoms with Gasteiger partial charge in [-0.25, -0.2) is 4.98 Å². The number of aromatic nitrogens is 1. The topological polar surface area (TPSA) is 67.6 Å². The third-order valence-corrected chi connectivity index (χ3v) is 5.63. The standard InChI is InChI=1S/C20H21N3O3S/c1-13-3-8-17(26-13)20-21-14(2)18(27-20)19(24)22-15-4-6-16(7-5-15)23-9-11-25-12-10-23/h3-8H,9-12H2,1-2H3,(H,22,24). The molecule has 1 amide bonds. The smallest absolute Gasteiger partial charge is 0.267 e. The van der Waals surface area contributed by atoms with Crippen LogP contribution in [0.4, 0.5) is 11.4 Å². The minimum Gasteiger partial charge on any atom is -0.459 e. The van der Waals surface area contributed by atoms with E-state index in [1.807, 2.05) is 50.2 Å². The molecule has 1 aliphatic rings. The Morgan fingerprint density at radius 3 is 2.52 bits per heavy atom. The molecule has 2 aromatic heterocycles. The average molecular weight is 383 g/mol. The summed E-state index contributed by atoms with van der Waals surface area (Å²) in [5, 5.41) is 3.67. The van der Waals surface area contributed by atoms with E-state index in [0.717, 1.165) is 43.4 Å². The highest BCUT2D eigenvalue weighted by molar-refractivity contribution is 7.17. The number of ether oxygens (including phenoxy) is 1. The summed E-state index contributed by atoms with van der Waals surface area (Å²) in [4.78, 5) is 20.0. The fraction of sp³-hybridized carbons (Fsp3) is 0.300. The van der Waals surface area contributed by atoms with Gasteiger partial charge in [-0.15, -0.1) is 11.3 Å². The monoisotopic (exact) mass is 383 g/mol. The Bertz CT molecular complexity index is 940. The van der Waals surface area contributed by atoms with Crippen LogP contribution in [-0.4, -0.2) is 37.2 Å². The first-order valence-corrected chi connectivity index (χ1v) is 9.70. The number of furan rings is 1. The van der Waals surface area contributed by atoms with E-state index >= 15 is 0 Å². The SMILES string of the molecule is Cc1ccc(-c2nc(C)c(C(=O)Nc3ccc(N4CCOCC4)cc3)s2)o1. The summed E-state index contributed by atoms with van der Waals surface area (Å²) in [7, 11) is 0. The number of benzene rings is 1. The van der Waals surface area contributed by atoms with Crippen LogP contribution >= 0.6 is 11.3 Å². The molecule has 0 aliphatic carbocycles. The van der Waals surface area contributed by atoms with E-state index in [1.165, 1.54) is 11.3 Å². The minimum absolute atomic E-state index is 0.154. The summed E-state index contributed by atoms with van der Waals surface area (Å²) in [5.41, 5.74) is 2.60. The highest BCUT2D eigenvalue weighted by Gasteiger charge is 2.18. The van der Waals surface area contributed by atoms with Crippen LogP contribution in [0.25, 0.3) is 10.8 Å². The molecular formula is C20H21N3O3S. The molecule has 1 aliphatic heterocycles.